The Morgan fingerprint density at radius 1 is 0.850 bits per heavy atom. The van der Waals surface area contributed by atoms with Crippen LogP contribution in [0.4, 0.5) is 0 Å². The van der Waals surface area contributed by atoms with E-state index >= 15 is 0 Å². The summed E-state index contributed by atoms with van der Waals surface area (Å²) in [6.07, 6.45) is 2.30. The van der Waals surface area contributed by atoms with Crippen LogP contribution in [0.1, 0.15) is 5.56 Å². The summed E-state index contributed by atoms with van der Waals surface area (Å²) in [7, 11) is 0. The van der Waals surface area contributed by atoms with Crippen LogP contribution in [0.2, 0.25) is 0 Å². The van der Waals surface area contributed by atoms with E-state index in [0.29, 0.717) is 0 Å². The Labute approximate surface area is 132 Å². The predicted octanol–water partition coefficient (Wildman–Crippen LogP) is 5.95. The molecule has 0 amide bonds. The van der Waals surface area contributed by atoms with Crippen molar-refractivity contribution in [2.75, 3.05) is 5.75 Å². The van der Waals surface area contributed by atoms with Gasteiger partial charge in [0.2, 0.25) is 0 Å². The number of thioether (sulfide) groups is 1. The average molecular weight is 342 g/mol. The first-order valence-corrected chi connectivity index (χ1v) is 8.30. The molecule has 0 atom stereocenters. The van der Waals surface area contributed by atoms with E-state index in [4.69, 9.17) is 0 Å². The summed E-state index contributed by atoms with van der Waals surface area (Å²) >= 11 is 5.32. The fraction of sp³-hybridized carbons (Fsp3) is 0.0556. The van der Waals surface area contributed by atoms with E-state index < -0.39 is 0 Å². The number of hydrogen-bond acceptors (Lipinski definition) is 1. The first kappa shape index (κ1) is 13.7. The van der Waals surface area contributed by atoms with Gasteiger partial charge in [0.25, 0.3) is 0 Å². The maximum atomic E-state index is 3.46. The van der Waals surface area contributed by atoms with Gasteiger partial charge in [0.1, 0.15) is 0 Å². The highest BCUT2D eigenvalue weighted by Gasteiger charge is 2.01. The number of halogens is 1. The third kappa shape index (κ3) is 3.25. The summed E-state index contributed by atoms with van der Waals surface area (Å²) in [6, 6.07) is 23.5. The van der Waals surface area contributed by atoms with Crippen molar-refractivity contribution >= 4 is 38.5 Å². The second-order valence-electron chi connectivity index (χ2n) is 4.54. The molecule has 0 fully saturated rings. The van der Waals surface area contributed by atoms with Gasteiger partial charge in [0.15, 0.2) is 0 Å². The molecule has 0 saturated heterocycles. The van der Waals surface area contributed by atoms with Crippen LogP contribution in [0.25, 0.3) is 10.8 Å². The van der Waals surface area contributed by atoms with E-state index in [1.165, 1.54) is 21.2 Å². The summed E-state index contributed by atoms with van der Waals surface area (Å²) in [5.74, 6) is 0.982. The lowest BCUT2D eigenvalue weighted by atomic mass is 10.0. The highest BCUT2D eigenvalue weighted by atomic mass is 79.9. The van der Waals surface area contributed by atoms with E-state index in [9.17, 15) is 0 Å². The van der Waals surface area contributed by atoms with Crippen molar-refractivity contribution in [1.29, 1.82) is 0 Å². The van der Waals surface area contributed by atoms with Gasteiger partial charge in [-0.2, -0.15) is 0 Å². The van der Waals surface area contributed by atoms with E-state index in [1.807, 2.05) is 11.8 Å². The van der Waals surface area contributed by atoms with Crippen molar-refractivity contribution < 1.29 is 0 Å². The molecule has 0 aliphatic heterocycles. The number of rotatable bonds is 4. The van der Waals surface area contributed by atoms with E-state index in [0.717, 1.165) is 10.2 Å². The van der Waals surface area contributed by atoms with Crippen LogP contribution in [0.3, 0.4) is 0 Å². The van der Waals surface area contributed by atoms with Crippen LogP contribution in [-0.2, 0) is 0 Å². The Kier molecular flexibility index (Phi) is 4.44. The first-order chi connectivity index (χ1) is 9.83. The van der Waals surface area contributed by atoms with Gasteiger partial charge in [0, 0.05) is 21.5 Å². The van der Waals surface area contributed by atoms with Crippen LogP contribution < -0.4 is 0 Å². The quantitative estimate of drug-likeness (QED) is 0.528. The predicted molar refractivity (Wildman–Crippen MR) is 92.2 cm³/mol. The van der Waals surface area contributed by atoms with Gasteiger partial charge in [0.05, 0.1) is 0 Å². The Hall–Kier alpha value is -1.25. The monoisotopic (exact) mass is 341 g/mol. The summed E-state index contributed by atoms with van der Waals surface area (Å²) < 4.78 is 1.12. The van der Waals surface area contributed by atoms with Crippen molar-refractivity contribution in [1.82, 2.24) is 0 Å². The fourth-order valence-electron chi connectivity index (χ4n) is 2.19. The zero-order valence-electron chi connectivity index (χ0n) is 10.9. The van der Waals surface area contributed by atoms with Gasteiger partial charge >= 0.3 is 0 Å². The molecule has 0 unspecified atom stereocenters. The molecule has 0 aliphatic rings. The SMILES string of the molecule is Brc1ccc(SC[CH]c2cccc3ccccc23)cc1. The Morgan fingerprint density at radius 2 is 1.60 bits per heavy atom. The van der Waals surface area contributed by atoms with Gasteiger partial charge in [-0.1, -0.05) is 58.4 Å². The fourth-order valence-corrected chi connectivity index (χ4v) is 3.24. The lowest BCUT2D eigenvalue weighted by molar-refractivity contribution is 1.41. The van der Waals surface area contributed by atoms with Crippen molar-refractivity contribution in [3.05, 3.63) is 83.2 Å². The molecule has 0 N–H and O–H groups in total. The molecule has 0 nitrogen and oxygen atoms in total. The molecule has 99 valence electrons. The van der Waals surface area contributed by atoms with Gasteiger partial charge in [-0.25, -0.2) is 0 Å². The van der Waals surface area contributed by atoms with Gasteiger partial charge in [-0.15, -0.1) is 11.8 Å². The minimum absolute atomic E-state index is 0.982. The van der Waals surface area contributed by atoms with Crippen molar-refractivity contribution in [2.45, 2.75) is 4.90 Å². The topological polar surface area (TPSA) is 0 Å². The number of hydrogen-bond donors (Lipinski definition) is 0. The molecule has 20 heavy (non-hydrogen) atoms. The molecule has 3 rings (SSSR count). The number of benzene rings is 3. The zero-order valence-corrected chi connectivity index (χ0v) is 13.3. The van der Waals surface area contributed by atoms with Gasteiger partial charge in [-0.05, 0) is 40.6 Å². The second kappa shape index (κ2) is 6.47. The van der Waals surface area contributed by atoms with Crippen molar-refractivity contribution in [3.63, 3.8) is 0 Å². The lowest BCUT2D eigenvalue weighted by Gasteiger charge is -2.06. The molecule has 0 spiro atoms. The Bertz CT molecular complexity index is 699. The summed E-state index contributed by atoms with van der Waals surface area (Å²) in [6.45, 7) is 0. The highest BCUT2D eigenvalue weighted by Crippen LogP contribution is 2.25. The van der Waals surface area contributed by atoms with Crippen molar-refractivity contribution in [2.24, 2.45) is 0 Å². The normalized spacial score (nSPS) is 10.8. The van der Waals surface area contributed by atoms with Crippen molar-refractivity contribution in [3.8, 4) is 0 Å². The Morgan fingerprint density at radius 3 is 2.45 bits per heavy atom. The number of fused-ring (bicyclic) bond motifs is 1. The molecule has 0 aromatic heterocycles. The molecular formula is C18H14BrS. The second-order valence-corrected chi connectivity index (χ2v) is 6.55. The maximum Gasteiger partial charge on any atom is 0.0176 e. The smallest absolute Gasteiger partial charge is 0.0176 e. The standard InChI is InChI=1S/C18H14BrS/c19-16-8-10-17(11-9-16)20-13-12-15-6-3-5-14-4-1-2-7-18(14)15/h1-12H,13H2. The molecule has 3 aromatic rings. The summed E-state index contributed by atoms with van der Waals surface area (Å²) in [4.78, 5) is 1.30. The first-order valence-electron chi connectivity index (χ1n) is 6.52. The van der Waals surface area contributed by atoms with E-state index in [1.54, 1.807) is 0 Å². The summed E-state index contributed by atoms with van der Waals surface area (Å²) in [5.41, 5.74) is 1.31. The van der Waals surface area contributed by atoms with Gasteiger partial charge in [-0.3, -0.25) is 0 Å². The third-order valence-electron chi connectivity index (χ3n) is 3.19. The minimum atomic E-state index is 0.982. The molecule has 0 saturated carbocycles. The van der Waals surface area contributed by atoms with Crippen LogP contribution in [0, 0.1) is 6.42 Å². The van der Waals surface area contributed by atoms with Gasteiger partial charge < -0.3 is 0 Å². The minimum Gasteiger partial charge on any atom is -0.126 e. The molecule has 3 aromatic carbocycles. The van der Waals surface area contributed by atoms with Crippen LogP contribution in [0.15, 0.2) is 76.1 Å². The summed E-state index contributed by atoms with van der Waals surface area (Å²) in [5, 5.41) is 2.63. The van der Waals surface area contributed by atoms with Crippen LogP contribution in [0.5, 0.6) is 0 Å². The molecule has 2 heteroatoms. The molecule has 0 bridgehead atoms. The van der Waals surface area contributed by atoms with E-state index in [-0.39, 0.29) is 0 Å². The molecule has 0 aliphatic carbocycles. The largest absolute Gasteiger partial charge is 0.126 e. The highest BCUT2D eigenvalue weighted by molar-refractivity contribution is 9.10. The molecule has 1 radical (unpaired) electrons. The average Bonchev–Trinajstić information content (AvgIpc) is 2.49. The van der Waals surface area contributed by atoms with Crippen LogP contribution in [-0.4, -0.2) is 5.75 Å². The zero-order chi connectivity index (χ0) is 13.8. The maximum absolute atomic E-state index is 3.46. The van der Waals surface area contributed by atoms with Crippen LogP contribution >= 0.6 is 27.7 Å². The third-order valence-corrected chi connectivity index (χ3v) is 4.66. The molecular weight excluding hydrogens is 328 g/mol. The molecule has 0 heterocycles. The lowest BCUT2D eigenvalue weighted by Crippen LogP contribution is -1.87. The van der Waals surface area contributed by atoms with E-state index in [2.05, 4.69) is 89.1 Å². The Balaban J connectivity index is 1.69.